The lowest BCUT2D eigenvalue weighted by Crippen LogP contribution is -2.07. The van der Waals surface area contributed by atoms with Crippen LogP contribution in [0.3, 0.4) is 0 Å². The van der Waals surface area contributed by atoms with Crippen molar-refractivity contribution in [2.45, 2.75) is 6.92 Å². The fourth-order valence-electron chi connectivity index (χ4n) is 2.00. The van der Waals surface area contributed by atoms with Gasteiger partial charge in [0, 0.05) is 14.1 Å². The number of Topliss-reactive ketones (excluding diaryl/α,β-unsaturated/α-hetero) is 1. The second-order valence-electron chi connectivity index (χ2n) is 4.69. The molecule has 0 aliphatic heterocycles. The first-order chi connectivity index (χ1) is 10.4. The average molecular weight is 336 g/mol. The number of methoxy groups -OCH3 is 2. The number of fused-ring (bicyclic) bond motifs is 1. The first kappa shape index (κ1) is 16.3. The molecule has 0 radical (unpaired) electrons. The van der Waals surface area contributed by atoms with E-state index in [-0.39, 0.29) is 11.5 Å². The minimum absolute atomic E-state index is 0.0963. The summed E-state index contributed by atoms with van der Waals surface area (Å²) in [4.78, 5) is 17.5. The average Bonchev–Trinajstić information content (AvgIpc) is 2.98. The highest BCUT2D eigenvalue weighted by molar-refractivity contribution is 7.31. The van der Waals surface area contributed by atoms with E-state index in [2.05, 4.69) is 4.85 Å². The number of carbonyl (C=O) groups excluding carboxylic acids is 1. The van der Waals surface area contributed by atoms with Gasteiger partial charge in [0.2, 0.25) is 5.70 Å². The Kier molecular flexibility index (Phi) is 4.74. The number of allylic oxidation sites excluding steroid dienone is 1. The highest BCUT2D eigenvalue weighted by atomic mass is 32.1. The molecular formula is C15H16N2O3S2. The van der Waals surface area contributed by atoms with E-state index in [4.69, 9.17) is 16.0 Å². The summed E-state index contributed by atoms with van der Waals surface area (Å²) < 4.78 is 13.0. The Balaban J connectivity index is 2.72. The van der Waals surface area contributed by atoms with E-state index in [1.54, 1.807) is 31.6 Å². The van der Waals surface area contributed by atoms with Crippen LogP contribution in [0.1, 0.15) is 11.8 Å². The fraction of sp³-hybridized carbons (Fsp3) is 0.333. The SMILES string of the molecule is [C-]#[N+]/C(=C\c1sc2c(OC)c(N(C)C)sc2c1OC)C(C)=O. The standard InChI is InChI=1S/C15H16N2O3S2/c1-8(18)9(16-2)7-10-11(19-5)13-14(21-10)12(20-6)15(22-13)17(3)4/h7H,1,3-6H3/b9-7-. The molecule has 0 saturated heterocycles. The van der Waals surface area contributed by atoms with Gasteiger partial charge in [-0.25, -0.2) is 4.85 Å². The first-order valence-electron chi connectivity index (χ1n) is 6.39. The molecular weight excluding hydrogens is 320 g/mol. The molecule has 0 saturated carbocycles. The lowest BCUT2D eigenvalue weighted by atomic mass is 10.2. The lowest BCUT2D eigenvalue weighted by molar-refractivity contribution is -0.113. The van der Waals surface area contributed by atoms with Gasteiger partial charge in [-0.3, -0.25) is 0 Å². The molecule has 0 aromatic carbocycles. The summed E-state index contributed by atoms with van der Waals surface area (Å²) in [6.45, 7) is 8.49. The number of thiophene rings is 2. The van der Waals surface area contributed by atoms with Crippen LogP contribution in [0.5, 0.6) is 11.5 Å². The van der Waals surface area contributed by atoms with Crippen LogP contribution in [-0.4, -0.2) is 34.1 Å². The van der Waals surface area contributed by atoms with Crippen LogP contribution in [0.15, 0.2) is 5.70 Å². The van der Waals surface area contributed by atoms with Crippen molar-refractivity contribution in [2.24, 2.45) is 0 Å². The highest BCUT2D eigenvalue weighted by Crippen LogP contribution is 2.53. The monoisotopic (exact) mass is 336 g/mol. The van der Waals surface area contributed by atoms with Gasteiger partial charge in [-0.05, 0) is 13.0 Å². The number of carbonyl (C=O) groups is 1. The predicted molar refractivity (Wildman–Crippen MR) is 92.4 cm³/mol. The highest BCUT2D eigenvalue weighted by Gasteiger charge is 2.23. The van der Waals surface area contributed by atoms with Crippen molar-refractivity contribution < 1.29 is 14.3 Å². The van der Waals surface area contributed by atoms with Crippen molar-refractivity contribution in [3.8, 4) is 11.5 Å². The Labute approximate surface area is 137 Å². The largest absolute Gasteiger partial charge is 0.494 e. The molecule has 2 rings (SSSR count). The van der Waals surface area contributed by atoms with Crippen molar-refractivity contribution >= 4 is 48.9 Å². The van der Waals surface area contributed by atoms with Gasteiger partial charge in [0.1, 0.15) is 5.00 Å². The molecule has 0 N–H and O–H groups in total. The molecule has 116 valence electrons. The van der Waals surface area contributed by atoms with Crippen molar-refractivity contribution in [1.29, 1.82) is 0 Å². The summed E-state index contributed by atoms with van der Waals surface area (Å²) in [5.41, 5.74) is 0.0963. The van der Waals surface area contributed by atoms with Crippen molar-refractivity contribution in [3.63, 3.8) is 0 Å². The Hall–Kier alpha value is -2.04. The molecule has 0 atom stereocenters. The van der Waals surface area contributed by atoms with E-state index in [1.165, 1.54) is 18.3 Å². The summed E-state index contributed by atoms with van der Waals surface area (Å²) in [5, 5.41) is 1.01. The Morgan fingerprint density at radius 2 is 1.77 bits per heavy atom. The number of hydrogen-bond acceptors (Lipinski definition) is 6. The maximum atomic E-state index is 11.5. The molecule has 2 aromatic heterocycles. The third-order valence-corrected chi connectivity index (χ3v) is 5.59. The molecule has 0 unspecified atom stereocenters. The van der Waals surface area contributed by atoms with E-state index in [0.29, 0.717) is 5.75 Å². The molecule has 22 heavy (non-hydrogen) atoms. The van der Waals surface area contributed by atoms with Gasteiger partial charge < -0.3 is 19.2 Å². The summed E-state index contributed by atoms with van der Waals surface area (Å²) in [6, 6.07) is 0. The zero-order valence-corrected chi connectivity index (χ0v) is 14.6. The van der Waals surface area contributed by atoms with Crippen molar-refractivity contribution in [3.05, 3.63) is 22.0 Å². The van der Waals surface area contributed by atoms with Crippen LogP contribution in [0.25, 0.3) is 20.3 Å². The first-order valence-corrected chi connectivity index (χ1v) is 8.02. The van der Waals surface area contributed by atoms with E-state index in [1.807, 2.05) is 19.0 Å². The summed E-state index contributed by atoms with van der Waals surface area (Å²) in [5.74, 6) is 1.22. The van der Waals surface area contributed by atoms with Crippen LogP contribution >= 0.6 is 22.7 Å². The van der Waals surface area contributed by atoms with Crippen LogP contribution in [0.4, 0.5) is 5.00 Å². The predicted octanol–water partition coefficient (Wildman–Crippen LogP) is 3.90. The smallest absolute Gasteiger partial charge is 0.230 e. The molecule has 0 bridgehead atoms. The van der Waals surface area contributed by atoms with Gasteiger partial charge in [0.05, 0.1) is 35.1 Å². The lowest BCUT2D eigenvalue weighted by Gasteiger charge is -2.11. The second-order valence-corrected chi connectivity index (χ2v) is 6.74. The summed E-state index contributed by atoms with van der Waals surface area (Å²) >= 11 is 3.03. The zero-order chi connectivity index (χ0) is 16.4. The minimum Gasteiger partial charge on any atom is -0.494 e. The zero-order valence-electron chi connectivity index (χ0n) is 13.0. The van der Waals surface area contributed by atoms with E-state index >= 15 is 0 Å². The Morgan fingerprint density at radius 3 is 2.23 bits per heavy atom. The molecule has 0 fully saturated rings. The van der Waals surface area contributed by atoms with Crippen LogP contribution < -0.4 is 14.4 Å². The summed E-state index contributed by atoms with van der Waals surface area (Å²) in [6.07, 6.45) is 1.58. The summed E-state index contributed by atoms with van der Waals surface area (Å²) in [7, 11) is 7.14. The fourth-order valence-corrected chi connectivity index (χ4v) is 4.63. The number of ketones is 1. The van der Waals surface area contributed by atoms with Gasteiger partial charge in [0.25, 0.3) is 0 Å². The minimum atomic E-state index is -0.255. The van der Waals surface area contributed by atoms with E-state index < -0.39 is 0 Å². The number of nitrogens with zero attached hydrogens (tertiary/aromatic N) is 2. The maximum absolute atomic E-state index is 11.5. The van der Waals surface area contributed by atoms with Crippen LogP contribution in [-0.2, 0) is 4.79 Å². The van der Waals surface area contributed by atoms with Gasteiger partial charge in [-0.2, -0.15) is 0 Å². The van der Waals surface area contributed by atoms with Gasteiger partial charge >= 0.3 is 0 Å². The molecule has 2 aromatic rings. The molecule has 7 heteroatoms. The topological polar surface area (TPSA) is 43.1 Å². The maximum Gasteiger partial charge on any atom is 0.230 e. The quantitative estimate of drug-likeness (QED) is 0.613. The molecule has 0 amide bonds. The molecule has 5 nitrogen and oxygen atoms in total. The van der Waals surface area contributed by atoms with Crippen molar-refractivity contribution in [2.75, 3.05) is 33.2 Å². The van der Waals surface area contributed by atoms with Gasteiger partial charge in [-0.1, -0.05) is 0 Å². The molecule has 0 aliphatic rings. The van der Waals surface area contributed by atoms with Gasteiger partial charge in [-0.15, -0.1) is 22.7 Å². The normalized spacial score (nSPS) is 11.4. The molecule has 2 heterocycles. The van der Waals surface area contributed by atoms with E-state index in [0.717, 1.165) is 25.0 Å². The Bertz CT molecular complexity index is 794. The number of anilines is 1. The number of hydrogen-bond donors (Lipinski definition) is 0. The third-order valence-electron chi connectivity index (χ3n) is 3.01. The second kappa shape index (κ2) is 6.38. The number of ether oxygens (including phenoxy) is 2. The van der Waals surface area contributed by atoms with Gasteiger partial charge in [0.15, 0.2) is 17.3 Å². The third kappa shape index (κ3) is 2.67. The van der Waals surface area contributed by atoms with Crippen molar-refractivity contribution in [1.82, 2.24) is 0 Å². The van der Waals surface area contributed by atoms with Crippen LogP contribution in [0.2, 0.25) is 0 Å². The van der Waals surface area contributed by atoms with Crippen LogP contribution in [0, 0.1) is 6.57 Å². The molecule has 0 aliphatic carbocycles. The Morgan fingerprint density at radius 1 is 1.18 bits per heavy atom. The molecule has 0 spiro atoms. The van der Waals surface area contributed by atoms with E-state index in [9.17, 15) is 4.79 Å². The number of rotatable bonds is 5.